The van der Waals surface area contributed by atoms with E-state index in [-0.39, 0.29) is 17.9 Å². The molecule has 1 atom stereocenters. The lowest BCUT2D eigenvalue weighted by Gasteiger charge is -2.20. The van der Waals surface area contributed by atoms with Gasteiger partial charge in [-0.2, -0.15) is 5.10 Å². The van der Waals surface area contributed by atoms with Gasteiger partial charge >= 0.3 is 5.97 Å². The fourth-order valence-electron chi connectivity index (χ4n) is 5.16. The second-order valence-corrected chi connectivity index (χ2v) is 11.6. The first-order chi connectivity index (χ1) is 20.1. The molecule has 0 fully saturated rings. The number of benzene rings is 4. The van der Waals surface area contributed by atoms with Crippen LogP contribution in [-0.2, 0) is 11.3 Å². The first-order valence-electron chi connectivity index (χ1n) is 14.4. The Kier molecular flexibility index (Phi) is 8.25. The molecule has 4 aromatic carbocycles. The van der Waals surface area contributed by atoms with E-state index in [0.717, 1.165) is 45.3 Å². The van der Waals surface area contributed by atoms with E-state index in [4.69, 9.17) is 9.84 Å². The Labute approximate surface area is 247 Å². The molecular formula is C36H37N3O3. The van der Waals surface area contributed by atoms with Crippen molar-refractivity contribution < 1.29 is 14.3 Å². The smallest absolute Gasteiger partial charge is 0.339 e. The molecule has 6 nitrogen and oxygen atoms in total. The van der Waals surface area contributed by atoms with Crippen LogP contribution in [0.15, 0.2) is 97.1 Å². The molecule has 214 valence electrons. The monoisotopic (exact) mass is 559 g/mol. The van der Waals surface area contributed by atoms with Crippen LogP contribution in [0.5, 0.6) is 0 Å². The summed E-state index contributed by atoms with van der Waals surface area (Å²) in [5.74, 6) is -0.430. The van der Waals surface area contributed by atoms with Crippen molar-refractivity contribution in [2.75, 3.05) is 0 Å². The molecule has 1 heterocycles. The van der Waals surface area contributed by atoms with Gasteiger partial charge in [-0.05, 0) is 80.6 Å². The van der Waals surface area contributed by atoms with Crippen molar-refractivity contribution in [3.05, 3.63) is 125 Å². The number of rotatable bonds is 8. The zero-order valence-corrected chi connectivity index (χ0v) is 24.8. The summed E-state index contributed by atoms with van der Waals surface area (Å²) < 4.78 is 7.59. The number of hydrogen-bond donors (Lipinski definition) is 1. The third-order valence-electron chi connectivity index (χ3n) is 7.26. The van der Waals surface area contributed by atoms with Crippen LogP contribution in [0.3, 0.4) is 0 Å². The number of hydrogen-bond acceptors (Lipinski definition) is 4. The van der Waals surface area contributed by atoms with Gasteiger partial charge in [0.05, 0.1) is 29.4 Å². The number of carbonyl (C=O) groups is 2. The molecule has 0 radical (unpaired) electrons. The van der Waals surface area contributed by atoms with E-state index in [0.29, 0.717) is 17.7 Å². The van der Waals surface area contributed by atoms with Crippen molar-refractivity contribution in [3.8, 4) is 11.1 Å². The number of amides is 1. The Bertz CT molecular complexity index is 1710. The van der Waals surface area contributed by atoms with Gasteiger partial charge in [0.1, 0.15) is 5.60 Å². The van der Waals surface area contributed by atoms with Crippen molar-refractivity contribution in [2.24, 2.45) is 0 Å². The second-order valence-electron chi connectivity index (χ2n) is 11.6. The number of aryl methyl sites for hydroxylation is 1. The number of ether oxygens (including phenoxy) is 1. The molecule has 0 saturated carbocycles. The van der Waals surface area contributed by atoms with E-state index in [1.807, 2.05) is 111 Å². The van der Waals surface area contributed by atoms with Crippen LogP contribution in [0.1, 0.15) is 77.7 Å². The van der Waals surface area contributed by atoms with Gasteiger partial charge in [0, 0.05) is 10.9 Å². The molecular weight excluding hydrogens is 522 g/mol. The average Bonchev–Trinajstić information content (AvgIpc) is 3.29. The second kappa shape index (κ2) is 12.0. The minimum absolute atomic E-state index is 0.0442. The van der Waals surface area contributed by atoms with Gasteiger partial charge in [-0.3, -0.25) is 9.48 Å². The van der Waals surface area contributed by atoms with E-state index in [9.17, 15) is 9.59 Å². The summed E-state index contributed by atoms with van der Waals surface area (Å²) in [4.78, 5) is 26.0. The lowest BCUT2D eigenvalue weighted by atomic mass is 9.98. The van der Waals surface area contributed by atoms with Gasteiger partial charge in [0.2, 0.25) is 0 Å². The zero-order chi connectivity index (χ0) is 29.9. The maximum Gasteiger partial charge on any atom is 0.339 e. The minimum atomic E-state index is -0.566. The van der Waals surface area contributed by atoms with Gasteiger partial charge in [0.15, 0.2) is 0 Å². The minimum Gasteiger partial charge on any atom is -0.456 e. The van der Waals surface area contributed by atoms with Crippen LogP contribution >= 0.6 is 0 Å². The predicted octanol–water partition coefficient (Wildman–Crippen LogP) is 7.90. The van der Waals surface area contributed by atoms with E-state index in [1.54, 1.807) is 6.07 Å². The fraction of sp³-hybridized carbons (Fsp3) is 0.250. The maximum atomic E-state index is 13.2. The number of carbonyl (C=O) groups excluding carboxylic acids is 2. The molecule has 1 N–H and O–H groups in total. The molecule has 5 aromatic rings. The molecule has 5 rings (SSSR count). The standard InChI is InChI=1S/C36H37N3O3/c1-6-32(27-12-8-7-9-13-27)37-34(40)28-20-21-33-31(22-28)24(2)38-39(33)23-25-16-18-26(19-17-25)29-14-10-11-15-30(29)35(41)42-36(3,4)5/h7-22,32H,6,23H2,1-5H3,(H,37,40)/t32-/m0/s1. The van der Waals surface area contributed by atoms with Gasteiger partial charge in [-0.15, -0.1) is 0 Å². The van der Waals surface area contributed by atoms with Crippen LogP contribution in [0, 0.1) is 6.92 Å². The molecule has 0 aliphatic carbocycles. The number of fused-ring (bicyclic) bond motifs is 1. The topological polar surface area (TPSA) is 73.2 Å². The van der Waals surface area contributed by atoms with Crippen molar-refractivity contribution in [1.29, 1.82) is 0 Å². The Morgan fingerprint density at radius 2 is 1.60 bits per heavy atom. The first-order valence-corrected chi connectivity index (χ1v) is 14.4. The lowest BCUT2D eigenvalue weighted by molar-refractivity contribution is 0.00703. The van der Waals surface area contributed by atoms with Gasteiger partial charge < -0.3 is 10.1 Å². The van der Waals surface area contributed by atoms with Crippen molar-refractivity contribution in [1.82, 2.24) is 15.1 Å². The Morgan fingerprint density at radius 1 is 0.905 bits per heavy atom. The van der Waals surface area contributed by atoms with Crippen molar-refractivity contribution >= 4 is 22.8 Å². The van der Waals surface area contributed by atoms with Crippen LogP contribution in [0.25, 0.3) is 22.0 Å². The summed E-state index contributed by atoms with van der Waals surface area (Å²) in [6.07, 6.45) is 0.806. The Hall–Kier alpha value is -4.71. The highest BCUT2D eigenvalue weighted by Gasteiger charge is 2.21. The molecule has 1 amide bonds. The quantitative estimate of drug-likeness (QED) is 0.196. The van der Waals surface area contributed by atoms with E-state index < -0.39 is 5.60 Å². The Morgan fingerprint density at radius 3 is 2.29 bits per heavy atom. The molecule has 0 saturated heterocycles. The molecule has 1 aromatic heterocycles. The predicted molar refractivity (Wildman–Crippen MR) is 168 cm³/mol. The third kappa shape index (κ3) is 6.44. The summed E-state index contributed by atoms with van der Waals surface area (Å²) in [6.45, 7) is 10.2. The zero-order valence-electron chi connectivity index (χ0n) is 24.8. The molecule has 0 aliphatic heterocycles. The number of esters is 1. The molecule has 0 spiro atoms. The van der Waals surface area contributed by atoms with E-state index in [1.165, 1.54) is 0 Å². The van der Waals surface area contributed by atoms with Gasteiger partial charge in [-0.1, -0.05) is 79.7 Å². The summed E-state index contributed by atoms with van der Waals surface area (Å²) >= 11 is 0. The molecule has 0 aliphatic rings. The largest absolute Gasteiger partial charge is 0.456 e. The van der Waals surface area contributed by atoms with E-state index in [2.05, 4.69) is 24.4 Å². The highest BCUT2D eigenvalue weighted by molar-refractivity contribution is 5.99. The molecule has 0 bridgehead atoms. The van der Waals surface area contributed by atoms with Gasteiger partial charge in [-0.25, -0.2) is 4.79 Å². The summed E-state index contributed by atoms with van der Waals surface area (Å²) in [6, 6.07) is 31.4. The summed E-state index contributed by atoms with van der Waals surface area (Å²) in [5.41, 5.74) is 6.39. The average molecular weight is 560 g/mol. The van der Waals surface area contributed by atoms with Crippen LogP contribution in [0.4, 0.5) is 0 Å². The Balaban J connectivity index is 1.34. The molecule has 6 heteroatoms. The summed E-state index contributed by atoms with van der Waals surface area (Å²) in [5, 5.41) is 8.92. The highest BCUT2D eigenvalue weighted by Crippen LogP contribution is 2.27. The van der Waals surface area contributed by atoms with Gasteiger partial charge in [0.25, 0.3) is 5.91 Å². The number of nitrogens with zero attached hydrogens (tertiary/aromatic N) is 2. The van der Waals surface area contributed by atoms with Crippen molar-refractivity contribution in [2.45, 2.75) is 59.2 Å². The maximum absolute atomic E-state index is 13.2. The highest BCUT2D eigenvalue weighted by atomic mass is 16.6. The third-order valence-corrected chi connectivity index (χ3v) is 7.26. The SMILES string of the molecule is CC[C@H](NC(=O)c1ccc2c(c1)c(C)nn2Cc1ccc(-c2ccccc2C(=O)OC(C)(C)C)cc1)c1ccccc1. The van der Waals surface area contributed by atoms with E-state index >= 15 is 0 Å². The molecule has 0 unspecified atom stereocenters. The normalized spacial score (nSPS) is 12.2. The first kappa shape index (κ1) is 28.8. The number of nitrogens with one attached hydrogen (secondary N) is 1. The van der Waals surface area contributed by atoms with Crippen molar-refractivity contribution in [3.63, 3.8) is 0 Å². The fourth-order valence-corrected chi connectivity index (χ4v) is 5.16. The number of aromatic nitrogens is 2. The molecule has 42 heavy (non-hydrogen) atoms. The van der Waals surface area contributed by atoms with Crippen LogP contribution in [0.2, 0.25) is 0 Å². The van der Waals surface area contributed by atoms with Crippen LogP contribution < -0.4 is 5.32 Å². The summed E-state index contributed by atoms with van der Waals surface area (Å²) in [7, 11) is 0. The van der Waals surface area contributed by atoms with Crippen LogP contribution in [-0.4, -0.2) is 27.3 Å². The lowest BCUT2D eigenvalue weighted by Crippen LogP contribution is -2.28.